The highest BCUT2D eigenvalue weighted by Gasteiger charge is 2.46. The molecule has 4 heteroatoms. The van der Waals surface area contributed by atoms with Crippen molar-refractivity contribution in [2.24, 2.45) is 11.3 Å². The first kappa shape index (κ1) is 14.6. The molecule has 0 fully saturated rings. The van der Waals surface area contributed by atoms with Crippen molar-refractivity contribution >= 4 is 5.97 Å². The zero-order valence-corrected chi connectivity index (χ0v) is 10.8. The molecule has 0 aromatic heterocycles. The second-order valence-electron chi connectivity index (χ2n) is 5.12. The summed E-state index contributed by atoms with van der Waals surface area (Å²) in [5.74, 6) is -4.70. The van der Waals surface area contributed by atoms with Gasteiger partial charge in [-0.05, 0) is 12.8 Å². The number of carboxylic acids is 1. The van der Waals surface area contributed by atoms with Crippen molar-refractivity contribution in [3.8, 4) is 0 Å². The van der Waals surface area contributed by atoms with Crippen LogP contribution >= 0.6 is 0 Å². The topological polar surface area (TPSA) is 37.3 Å². The minimum atomic E-state index is -3.14. The Kier molecular flexibility index (Phi) is 4.09. The van der Waals surface area contributed by atoms with Gasteiger partial charge in [-0.1, -0.05) is 44.2 Å². The van der Waals surface area contributed by atoms with Gasteiger partial charge in [0.05, 0.1) is 5.41 Å². The van der Waals surface area contributed by atoms with E-state index in [2.05, 4.69) is 0 Å². The molecule has 1 unspecified atom stereocenters. The number of benzene rings is 1. The molecule has 0 aliphatic carbocycles. The molecule has 0 saturated heterocycles. The summed E-state index contributed by atoms with van der Waals surface area (Å²) in [5.41, 5.74) is -1.59. The van der Waals surface area contributed by atoms with Gasteiger partial charge in [-0.3, -0.25) is 4.79 Å². The minimum absolute atomic E-state index is 0.141. The van der Waals surface area contributed by atoms with Crippen molar-refractivity contribution in [1.29, 1.82) is 0 Å². The largest absolute Gasteiger partial charge is 0.481 e. The summed E-state index contributed by atoms with van der Waals surface area (Å²) in [4.78, 5) is 11.2. The van der Waals surface area contributed by atoms with Gasteiger partial charge in [0.2, 0.25) is 0 Å². The Balaban J connectivity index is 3.04. The van der Waals surface area contributed by atoms with Crippen LogP contribution in [0.1, 0.15) is 32.8 Å². The maximum absolute atomic E-state index is 14.1. The standard InChI is InChI=1S/C14H18F2O2/c1-10(2)13(3,12(17)18)9-14(15,16)11-7-5-4-6-8-11/h4-8,10H,9H2,1-3H3,(H,17,18). The number of rotatable bonds is 5. The number of hydrogen-bond acceptors (Lipinski definition) is 1. The average Bonchev–Trinajstić information content (AvgIpc) is 2.29. The van der Waals surface area contributed by atoms with Crippen molar-refractivity contribution < 1.29 is 18.7 Å². The van der Waals surface area contributed by atoms with Gasteiger partial charge in [0.25, 0.3) is 5.92 Å². The Bertz CT molecular complexity index is 415. The first-order valence-corrected chi connectivity index (χ1v) is 5.87. The molecule has 1 aromatic carbocycles. The maximum atomic E-state index is 14.1. The van der Waals surface area contributed by atoms with Crippen molar-refractivity contribution in [2.45, 2.75) is 33.1 Å². The lowest BCUT2D eigenvalue weighted by atomic mass is 9.73. The first-order valence-electron chi connectivity index (χ1n) is 5.87. The van der Waals surface area contributed by atoms with E-state index in [1.165, 1.54) is 31.2 Å². The highest BCUT2D eigenvalue weighted by Crippen LogP contribution is 2.43. The molecule has 0 spiro atoms. The number of alkyl halides is 2. The van der Waals surface area contributed by atoms with E-state index in [-0.39, 0.29) is 11.5 Å². The van der Waals surface area contributed by atoms with Crippen molar-refractivity contribution in [3.05, 3.63) is 35.9 Å². The Hall–Kier alpha value is -1.45. The van der Waals surface area contributed by atoms with Crippen LogP contribution in [0.3, 0.4) is 0 Å². The van der Waals surface area contributed by atoms with E-state index in [1.54, 1.807) is 19.9 Å². The van der Waals surface area contributed by atoms with Gasteiger partial charge >= 0.3 is 5.97 Å². The summed E-state index contributed by atoms with van der Waals surface area (Å²) >= 11 is 0. The third-order valence-corrected chi connectivity index (χ3v) is 3.55. The van der Waals surface area contributed by atoms with Crippen LogP contribution < -0.4 is 0 Å². The lowest BCUT2D eigenvalue weighted by Gasteiger charge is -2.32. The Morgan fingerprint density at radius 3 is 2.17 bits per heavy atom. The van der Waals surface area contributed by atoms with Crippen LogP contribution in [-0.2, 0) is 10.7 Å². The molecular weight excluding hydrogens is 238 g/mol. The van der Waals surface area contributed by atoms with Crippen LogP contribution in [0.5, 0.6) is 0 Å². The van der Waals surface area contributed by atoms with Gasteiger partial charge in [-0.25, -0.2) is 8.78 Å². The lowest BCUT2D eigenvalue weighted by molar-refractivity contribution is -0.159. The molecule has 18 heavy (non-hydrogen) atoms. The molecule has 1 rings (SSSR count). The summed E-state index contributed by atoms with van der Waals surface area (Å²) in [6, 6.07) is 7.34. The fourth-order valence-electron chi connectivity index (χ4n) is 1.77. The summed E-state index contributed by atoms with van der Waals surface area (Å²) in [6.07, 6.45) is -0.697. The summed E-state index contributed by atoms with van der Waals surface area (Å²) in [7, 11) is 0. The highest BCUT2D eigenvalue weighted by molar-refractivity contribution is 5.74. The molecule has 0 amide bonds. The van der Waals surface area contributed by atoms with E-state index in [4.69, 9.17) is 0 Å². The van der Waals surface area contributed by atoms with Crippen LogP contribution in [0, 0.1) is 11.3 Å². The third kappa shape index (κ3) is 2.86. The Morgan fingerprint density at radius 1 is 1.28 bits per heavy atom. The molecule has 0 bridgehead atoms. The van der Waals surface area contributed by atoms with Gasteiger partial charge < -0.3 is 5.11 Å². The van der Waals surface area contributed by atoms with Crippen molar-refractivity contribution in [2.75, 3.05) is 0 Å². The Morgan fingerprint density at radius 2 is 1.78 bits per heavy atom. The second kappa shape index (κ2) is 5.04. The first-order chi connectivity index (χ1) is 8.20. The quantitative estimate of drug-likeness (QED) is 0.867. The number of carboxylic acid groups (broad SMARTS) is 1. The number of carbonyl (C=O) groups is 1. The monoisotopic (exact) mass is 256 g/mol. The highest BCUT2D eigenvalue weighted by atomic mass is 19.3. The van der Waals surface area contributed by atoms with E-state index >= 15 is 0 Å². The van der Waals surface area contributed by atoms with E-state index in [0.29, 0.717) is 0 Å². The number of halogens is 2. The van der Waals surface area contributed by atoms with Crippen LogP contribution in [0.25, 0.3) is 0 Å². The number of aliphatic carboxylic acids is 1. The third-order valence-electron chi connectivity index (χ3n) is 3.55. The van der Waals surface area contributed by atoms with Crippen LogP contribution in [0.15, 0.2) is 30.3 Å². The van der Waals surface area contributed by atoms with Gasteiger partial charge in [0.1, 0.15) is 0 Å². The fourth-order valence-corrected chi connectivity index (χ4v) is 1.77. The van der Waals surface area contributed by atoms with Crippen LogP contribution in [0.2, 0.25) is 0 Å². The second-order valence-corrected chi connectivity index (χ2v) is 5.12. The number of hydrogen-bond donors (Lipinski definition) is 1. The van der Waals surface area contributed by atoms with E-state index < -0.39 is 23.7 Å². The minimum Gasteiger partial charge on any atom is -0.481 e. The molecule has 0 saturated carbocycles. The average molecular weight is 256 g/mol. The maximum Gasteiger partial charge on any atom is 0.309 e. The fraction of sp³-hybridized carbons (Fsp3) is 0.500. The van der Waals surface area contributed by atoms with Crippen LogP contribution in [0.4, 0.5) is 8.78 Å². The molecule has 1 N–H and O–H groups in total. The van der Waals surface area contributed by atoms with Crippen molar-refractivity contribution in [1.82, 2.24) is 0 Å². The SMILES string of the molecule is CC(C)C(C)(CC(F)(F)c1ccccc1)C(=O)O. The normalized spacial score (nSPS) is 15.4. The molecular formula is C14H18F2O2. The predicted molar refractivity (Wildman–Crippen MR) is 65.5 cm³/mol. The molecule has 100 valence electrons. The molecule has 1 atom stereocenters. The molecule has 0 heterocycles. The van der Waals surface area contributed by atoms with E-state index in [0.717, 1.165) is 0 Å². The van der Waals surface area contributed by atoms with Gasteiger partial charge in [-0.2, -0.15) is 0 Å². The van der Waals surface area contributed by atoms with E-state index in [1.807, 2.05) is 0 Å². The zero-order valence-electron chi connectivity index (χ0n) is 10.8. The molecule has 1 aromatic rings. The molecule has 2 nitrogen and oxygen atoms in total. The Labute approximate surface area is 106 Å². The van der Waals surface area contributed by atoms with Gasteiger partial charge in [-0.15, -0.1) is 0 Å². The smallest absolute Gasteiger partial charge is 0.309 e. The molecule has 0 aliphatic heterocycles. The van der Waals surface area contributed by atoms with Crippen LogP contribution in [-0.4, -0.2) is 11.1 Å². The zero-order chi connectivity index (χ0) is 14.0. The van der Waals surface area contributed by atoms with E-state index in [9.17, 15) is 18.7 Å². The molecule has 0 radical (unpaired) electrons. The summed E-state index contributed by atoms with van der Waals surface area (Å²) in [6.45, 7) is 4.67. The summed E-state index contributed by atoms with van der Waals surface area (Å²) in [5, 5.41) is 9.18. The lowest BCUT2D eigenvalue weighted by Crippen LogP contribution is -2.38. The van der Waals surface area contributed by atoms with Gasteiger partial charge in [0.15, 0.2) is 0 Å². The molecule has 0 aliphatic rings. The van der Waals surface area contributed by atoms with Crippen molar-refractivity contribution in [3.63, 3.8) is 0 Å². The summed E-state index contributed by atoms with van der Waals surface area (Å²) < 4.78 is 28.2. The predicted octanol–water partition coefficient (Wildman–Crippen LogP) is 3.92. The van der Waals surface area contributed by atoms with Gasteiger partial charge in [0, 0.05) is 12.0 Å².